The summed E-state index contributed by atoms with van der Waals surface area (Å²) in [5.74, 6) is -0.431. The van der Waals surface area contributed by atoms with Gasteiger partial charge in [-0.2, -0.15) is 0 Å². The van der Waals surface area contributed by atoms with Crippen molar-refractivity contribution in [1.29, 1.82) is 0 Å². The van der Waals surface area contributed by atoms with Gasteiger partial charge in [0, 0.05) is 18.7 Å². The lowest BCUT2D eigenvalue weighted by Crippen LogP contribution is -2.40. The minimum absolute atomic E-state index is 0.0138. The van der Waals surface area contributed by atoms with Crippen molar-refractivity contribution in [2.45, 2.75) is 19.7 Å². The van der Waals surface area contributed by atoms with Crippen molar-refractivity contribution in [3.05, 3.63) is 48.0 Å². The van der Waals surface area contributed by atoms with Gasteiger partial charge in [-0.3, -0.25) is 9.59 Å². The van der Waals surface area contributed by atoms with Gasteiger partial charge in [-0.25, -0.2) is 0 Å². The van der Waals surface area contributed by atoms with Crippen molar-refractivity contribution in [2.75, 3.05) is 23.4 Å². The summed E-state index contributed by atoms with van der Waals surface area (Å²) in [4.78, 5) is 25.8. The van der Waals surface area contributed by atoms with Gasteiger partial charge in [0.1, 0.15) is 11.5 Å². The fraction of sp³-hybridized carbons (Fsp3) is 0.263. The zero-order chi connectivity index (χ0) is 20.3. The van der Waals surface area contributed by atoms with Gasteiger partial charge in [-0.15, -0.1) is 13.2 Å². The molecule has 1 aliphatic rings. The molecule has 0 aliphatic carbocycles. The molecule has 3 rings (SSSR count). The van der Waals surface area contributed by atoms with Crippen LogP contribution < -0.4 is 19.7 Å². The average molecular weight is 394 g/mol. The van der Waals surface area contributed by atoms with Crippen LogP contribution in [0.15, 0.2) is 42.5 Å². The number of carbonyl (C=O) groups excluding carboxylic acids is 2. The van der Waals surface area contributed by atoms with E-state index in [0.717, 1.165) is 17.7 Å². The Morgan fingerprint density at radius 1 is 1.21 bits per heavy atom. The predicted octanol–water partition coefficient (Wildman–Crippen LogP) is 3.65. The van der Waals surface area contributed by atoms with E-state index in [4.69, 9.17) is 4.74 Å². The Bertz CT molecular complexity index is 882. The molecule has 0 radical (unpaired) electrons. The Hall–Kier alpha value is -3.23. The molecule has 2 aromatic carbocycles. The molecule has 28 heavy (non-hydrogen) atoms. The maximum Gasteiger partial charge on any atom is 0.573 e. The van der Waals surface area contributed by atoms with E-state index in [1.165, 1.54) is 17.0 Å². The summed E-state index contributed by atoms with van der Waals surface area (Å²) in [6.07, 6.45) is -4.76. The quantitative estimate of drug-likeness (QED) is 0.841. The summed E-state index contributed by atoms with van der Waals surface area (Å²) in [5, 5.41) is 2.58. The van der Waals surface area contributed by atoms with Crippen molar-refractivity contribution in [3.8, 4) is 11.5 Å². The Morgan fingerprint density at radius 3 is 2.61 bits per heavy atom. The second-order valence-corrected chi connectivity index (χ2v) is 6.18. The summed E-state index contributed by atoms with van der Waals surface area (Å²) in [6.45, 7) is 1.94. The van der Waals surface area contributed by atoms with Crippen LogP contribution in [0, 0.1) is 6.92 Å². The number of ether oxygens (including phenoxy) is 2. The standard InChI is InChI=1S/C19H17F3N2O4/c1-12-2-7-16-15(10-12)24(18(26)11-27-16)9-8-17(25)23-13-3-5-14(6-4-13)28-19(20,21)22/h2-7,10H,8-9,11H2,1H3,(H,23,25). The number of carbonyl (C=O) groups is 2. The van der Waals surface area contributed by atoms with Gasteiger partial charge in [-0.05, 0) is 48.9 Å². The minimum atomic E-state index is -4.77. The monoisotopic (exact) mass is 394 g/mol. The number of alkyl halides is 3. The Labute approximate surface area is 158 Å². The van der Waals surface area contributed by atoms with Crippen LogP contribution in [0.5, 0.6) is 11.5 Å². The number of benzene rings is 2. The maximum atomic E-state index is 12.2. The van der Waals surface area contributed by atoms with Crippen LogP contribution in [0.1, 0.15) is 12.0 Å². The summed E-state index contributed by atoms with van der Waals surface area (Å²) in [7, 11) is 0. The molecular formula is C19H17F3N2O4. The summed E-state index contributed by atoms with van der Waals surface area (Å²) < 4.78 is 45.6. The molecule has 0 atom stereocenters. The fourth-order valence-corrected chi connectivity index (χ4v) is 2.73. The number of hydrogen-bond donors (Lipinski definition) is 1. The number of rotatable bonds is 5. The van der Waals surface area contributed by atoms with Crippen LogP contribution in [0.25, 0.3) is 0 Å². The van der Waals surface area contributed by atoms with Gasteiger partial charge in [0.15, 0.2) is 6.61 Å². The maximum absolute atomic E-state index is 12.2. The zero-order valence-electron chi connectivity index (χ0n) is 14.9. The second kappa shape index (κ2) is 7.79. The molecule has 148 valence electrons. The van der Waals surface area contributed by atoms with Gasteiger partial charge >= 0.3 is 6.36 Å². The highest BCUT2D eigenvalue weighted by atomic mass is 19.4. The first-order valence-electron chi connectivity index (χ1n) is 8.41. The topological polar surface area (TPSA) is 67.9 Å². The summed E-state index contributed by atoms with van der Waals surface area (Å²) in [6, 6.07) is 10.3. The number of fused-ring (bicyclic) bond motifs is 1. The lowest BCUT2D eigenvalue weighted by molar-refractivity contribution is -0.274. The molecule has 2 aromatic rings. The van der Waals surface area contributed by atoms with E-state index >= 15 is 0 Å². The van der Waals surface area contributed by atoms with Crippen molar-refractivity contribution >= 4 is 23.2 Å². The molecule has 1 aliphatic heterocycles. The van der Waals surface area contributed by atoms with Crippen LogP contribution in [0.2, 0.25) is 0 Å². The Balaban J connectivity index is 1.59. The first kappa shape index (κ1) is 19.5. The number of nitrogens with one attached hydrogen (secondary N) is 1. The van der Waals surface area contributed by atoms with Crippen molar-refractivity contribution in [3.63, 3.8) is 0 Å². The van der Waals surface area contributed by atoms with Crippen LogP contribution >= 0.6 is 0 Å². The molecule has 0 bridgehead atoms. The lowest BCUT2D eigenvalue weighted by atomic mass is 10.1. The average Bonchev–Trinajstić information content (AvgIpc) is 2.61. The highest BCUT2D eigenvalue weighted by molar-refractivity contribution is 5.99. The molecule has 0 unspecified atom stereocenters. The molecule has 0 fully saturated rings. The first-order valence-corrected chi connectivity index (χ1v) is 8.41. The van der Waals surface area contributed by atoms with E-state index in [9.17, 15) is 22.8 Å². The molecule has 0 aromatic heterocycles. The SMILES string of the molecule is Cc1ccc2c(c1)N(CCC(=O)Nc1ccc(OC(F)(F)F)cc1)C(=O)CO2. The van der Waals surface area contributed by atoms with Crippen LogP contribution in [-0.2, 0) is 9.59 Å². The highest BCUT2D eigenvalue weighted by Gasteiger charge is 2.31. The normalized spacial score (nSPS) is 13.6. The number of hydrogen-bond acceptors (Lipinski definition) is 4. The fourth-order valence-electron chi connectivity index (χ4n) is 2.73. The molecular weight excluding hydrogens is 377 g/mol. The smallest absolute Gasteiger partial charge is 0.482 e. The molecule has 2 amide bonds. The van der Waals surface area contributed by atoms with E-state index in [0.29, 0.717) is 17.1 Å². The van der Waals surface area contributed by atoms with Gasteiger partial charge in [0.2, 0.25) is 5.91 Å². The van der Waals surface area contributed by atoms with Gasteiger partial charge in [-0.1, -0.05) is 6.07 Å². The Morgan fingerprint density at radius 2 is 1.93 bits per heavy atom. The largest absolute Gasteiger partial charge is 0.573 e. The third-order valence-electron chi connectivity index (χ3n) is 3.99. The molecule has 0 spiro atoms. The van der Waals surface area contributed by atoms with E-state index in [-0.39, 0.29) is 37.1 Å². The summed E-state index contributed by atoms with van der Waals surface area (Å²) in [5.41, 5.74) is 1.88. The number of halogens is 3. The molecule has 9 heteroatoms. The molecule has 6 nitrogen and oxygen atoms in total. The third-order valence-corrected chi connectivity index (χ3v) is 3.99. The second-order valence-electron chi connectivity index (χ2n) is 6.18. The first-order chi connectivity index (χ1) is 13.2. The van der Waals surface area contributed by atoms with E-state index in [1.54, 1.807) is 6.07 Å². The van der Waals surface area contributed by atoms with Gasteiger partial charge < -0.3 is 19.7 Å². The Kier molecular flexibility index (Phi) is 5.43. The molecule has 0 saturated carbocycles. The van der Waals surface area contributed by atoms with E-state index < -0.39 is 6.36 Å². The number of nitrogens with zero attached hydrogens (tertiary/aromatic N) is 1. The number of aryl methyl sites for hydroxylation is 1. The minimum Gasteiger partial charge on any atom is -0.482 e. The van der Waals surface area contributed by atoms with E-state index in [2.05, 4.69) is 10.1 Å². The van der Waals surface area contributed by atoms with Crippen molar-refractivity contribution < 1.29 is 32.2 Å². The van der Waals surface area contributed by atoms with Crippen LogP contribution in [-0.4, -0.2) is 31.3 Å². The van der Waals surface area contributed by atoms with Crippen LogP contribution in [0.4, 0.5) is 24.5 Å². The van der Waals surface area contributed by atoms with Crippen molar-refractivity contribution in [2.24, 2.45) is 0 Å². The summed E-state index contributed by atoms with van der Waals surface area (Å²) >= 11 is 0. The molecule has 0 saturated heterocycles. The predicted molar refractivity (Wildman–Crippen MR) is 95.4 cm³/mol. The third kappa shape index (κ3) is 4.93. The number of amides is 2. The molecule has 1 heterocycles. The number of anilines is 2. The van der Waals surface area contributed by atoms with E-state index in [1.807, 2.05) is 19.1 Å². The zero-order valence-corrected chi connectivity index (χ0v) is 14.9. The lowest BCUT2D eigenvalue weighted by Gasteiger charge is -2.29. The van der Waals surface area contributed by atoms with Crippen molar-refractivity contribution in [1.82, 2.24) is 0 Å². The molecule has 1 N–H and O–H groups in total. The van der Waals surface area contributed by atoms with Crippen LogP contribution in [0.3, 0.4) is 0 Å². The van der Waals surface area contributed by atoms with Gasteiger partial charge in [0.05, 0.1) is 5.69 Å². The highest BCUT2D eigenvalue weighted by Crippen LogP contribution is 2.33. The van der Waals surface area contributed by atoms with Gasteiger partial charge in [0.25, 0.3) is 5.91 Å².